The molecule has 4 rings (SSSR count). The molecular weight excluding hydrogens is 317 g/mol. The minimum absolute atomic E-state index is 0.318. The molecule has 4 aromatic heterocycles. The van der Waals surface area contributed by atoms with E-state index in [1.165, 1.54) is 17.8 Å². The van der Waals surface area contributed by atoms with Gasteiger partial charge in [-0.3, -0.25) is 4.98 Å². The number of nitrogens with zero attached hydrogens (tertiary/aromatic N) is 4. The van der Waals surface area contributed by atoms with Crippen LogP contribution in [0.15, 0.2) is 55.4 Å². The van der Waals surface area contributed by atoms with E-state index in [-0.39, 0.29) is 5.82 Å². The van der Waals surface area contributed by atoms with E-state index >= 15 is 0 Å². The molecule has 0 spiro atoms. The van der Waals surface area contributed by atoms with E-state index in [4.69, 9.17) is 0 Å². The normalized spacial score (nSPS) is 11.1. The molecule has 0 saturated carbocycles. The minimum atomic E-state index is -0.318. The number of H-pyrrole nitrogens is 1. The van der Waals surface area contributed by atoms with Crippen LogP contribution in [0.5, 0.6) is 0 Å². The molecule has 0 aliphatic heterocycles. The summed E-state index contributed by atoms with van der Waals surface area (Å²) in [5.41, 5.74) is 3.95. The summed E-state index contributed by atoms with van der Waals surface area (Å²) >= 11 is 0. The van der Waals surface area contributed by atoms with Crippen LogP contribution >= 0.6 is 0 Å². The van der Waals surface area contributed by atoms with E-state index in [0.29, 0.717) is 12.8 Å². The van der Waals surface area contributed by atoms with Gasteiger partial charge < -0.3 is 4.98 Å². The zero-order valence-corrected chi connectivity index (χ0v) is 13.5. The molecule has 0 radical (unpaired) electrons. The molecule has 0 amide bonds. The van der Waals surface area contributed by atoms with Crippen molar-refractivity contribution in [3.63, 3.8) is 0 Å². The van der Waals surface area contributed by atoms with Crippen molar-refractivity contribution in [1.82, 2.24) is 24.9 Å². The average Bonchev–Trinajstić information content (AvgIpc) is 3.04. The summed E-state index contributed by atoms with van der Waals surface area (Å²) in [5, 5.41) is 1.12. The number of pyridine rings is 2. The van der Waals surface area contributed by atoms with Crippen LogP contribution in [0.3, 0.4) is 0 Å². The summed E-state index contributed by atoms with van der Waals surface area (Å²) in [7, 11) is 0. The fourth-order valence-corrected chi connectivity index (χ4v) is 2.83. The maximum atomic E-state index is 13.1. The topological polar surface area (TPSA) is 67.3 Å². The standard InChI is InChI=1S/C19H16FN5/c20-16-7-13(8-21-12-16)3-4-18-23-9-14(10-24-18)6-15-11-25-19-17(15)2-1-5-22-19/h1-2,5,7-12H,3-4,6H2,(H,22,25). The Balaban J connectivity index is 1.43. The molecule has 4 heterocycles. The lowest BCUT2D eigenvalue weighted by Gasteiger charge is -2.03. The van der Waals surface area contributed by atoms with Crippen molar-refractivity contribution in [2.24, 2.45) is 0 Å². The van der Waals surface area contributed by atoms with Gasteiger partial charge >= 0.3 is 0 Å². The molecule has 0 fully saturated rings. The van der Waals surface area contributed by atoms with Crippen LogP contribution in [-0.4, -0.2) is 24.9 Å². The second-order valence-electron chi connectivity index (χ2n) is 5.91. The third kappa shape index (κ3) is 3.52. The Morgan fingerprint density at radius 3 is 2.68 bits per heavy atom. The Morgan fingerprint density at radius 2 is 1.84 bits per heavy atom. The molecule has 0 saturated heterocycles. The number of aromatic nitrogens is 5. The van der Waals surface area contributed by atoms with Gasteiger partial charge in [-0.05, 0) is 41.3 Å². The van der Waals surface area contributed by atoms with E-state index in [0.717, 1.165) is 34.4 Å². The Morgan fingerprint density at radius 1 is 0.960 bits per heavy atom. The summed E-state index contributed by atoms with van der Waals surface area (Å²) in [6, 6.07) is 5.48. The Labute approximate surface area is 144 Å². The summed E-state index contributed by atoms with van der Waals surface area (Å²) in [6.45, 7) is 0. The zero-order chi connectivity index (χ0) is 17.1. The first kappa shape index (κ1) is 15.4. The molecule has 6 heteroatoms. The van der Waals surface area contributed by atoms with Gasteiger partial charge in [0.15, 0.2) is 0 Å². The van der Waals surface area contributed by atoms with Crippen molar-refractivity contribution < 1.29 is 4.39 Å². The lowest BCUT2D eigenvalue weighted by molar-refractivity contribution is 0.618. The summed E-state index contributed by atoms with van der Waals surface area (Å²) in [5.74, 6) is 0.426. The van der Waals surface area contributed by atoms with Crippen LogP contribution < -0.4 is 0 Å². The second kappa shape index (κ2) is 6.76. The fourth-order valence-electron chi connectivity index (χ4n) is 2.83. The Hall–Kier alpha value is -3.15. The van der Waals surface area contributed by atoms with Crippen LogP contribution in [0.25, 0.3) is 11.0 Å². The molecule has 0 aliphatic carbocycles. The molecule has 5 nitrogen and oxygen atoms in total. The largest absolute Gasteiger partial charge is 0.346 e. The van der Waals surface area contributed by atoms with Crippen molar-refractivity contribution in [3.8, 4) is 0 Å². The van der Waals surface area contributed by atoms with Crippen LogP contribution in [0.4, 0.5) is 4.39 Å². The van der Waals surface area contributed by atoms with Crippen LogP contribution in [0, 0.1) is 5.82 Å². The van der Waals surface area contributed by atoms with Gasteiger partial charge in [0.05, 0.1) is 6.20 Å². The predicted octanol–water partition coefficient (Wildman–Crippen LogP) is 3.26. The van der Waals surface area contributed by atoms with Gasteiger partial charge in [0, 0.05) is 49.2 Å². The number of aromatic amines is 1. The zero-order valence-electron chi connectivity index (χ0n) is 13.5. The van der Waals surface area contributed by atoms with Crippen LogP contribution in [0.2, 0.25) is 0 Å². The van der Waals surface area contributed by atoms with E-state index < -0.39 is 0 Å². The molecular formula is C19H16FN5. The average molecular weight is 333 g/mol. The van der Waals surface area contributed by atoms with Gasteiger partial charge in [-0.25, -0.2) is 19.3 Å². The maximum Gasteiger partial charge on any atom is 0.141 e. The molecule has 0 aliphatic rings. The highest BCUT2D eigenvalue weighted by atomic mass is 19.1. The monoisotopic (exact) mass is 333 g/mol. The number of aryl methyl sites for hydroxylation is 2. The first-order valence-electron chi connectivity index (χ1n) is 8.08. The van der Waals surface area contributed by atoms with E-state index in [1.54, 1.807) is 12.4 Å². The number of rotatable bonds is 5. The molecule has 25 heavy (non-hydrogen) atoms. The van der Waals surface area contributed by atoms with Crippen LogP contribution in [-0.2, 0) is 19.3 Å². The number of halogens is 1. The number of hydrogen-bond donors (Lipinski definition) is 1. The maximum absolute atomic E-state index is 13.1. The summed E-state index contributed by atoms with van der Waals surface area (Å²) in [6.07, 6.45) is 12.4. The molecule has 0 bridgehead atoms. The van der Waals surface area contributed by atoms with Gasteiger partial charge in [0.2, 0.25) is 0 Å². The molecule has 4 aromatic rings. The van der Waals surface area contributed by atoms with Crippen molar-refractivity contribution in [1.29, 1.82) is 0 Å². The number of nitrogens with one attached hydrogen (secondary N) is 1. The van der Waals surface area contributed by atoms with Gasteiger partial charge in [-0.2, -0.15) is 0 Å². The molecule has 0 unspecified atom stereocenters. The highest BCUT2D eigenvalue weighted by Crippen LogP contribution is 2.18. The third-order valence-electron chi connectivity index (χ3n) is 4.09. The summed E-state index contributed by atoms with van der Waals surface area (Å²) in [4.78, 5) is 20.2. The molecule has 124 valence electrons. The molecule has 0 aromatic carbocycles. The van der Waals surface area contributed by atoms with E-state index in [1.807, 2.05) is 24.7 Å². The third-order valence-corrected chi connectivity index (χ3v) is 4.09. The Bertz CT molecular complexity index is 994. The fraction of sp³-hybridized carbons (Fsp3) is 0.158. The Kier molecular flexibility index (Phi) is 4.16. The SMILES string of the molecule is Fc1cncc(CCc2ncc(Cc3c[nH]c4ncccc34)cn2)c1. The second-order valence-corrected chi connectivity index (χ2v) is 5.91. The quantitative estimate of drug-likeness (QED) is 0.609. The van der Waals surface area contributed by atoms with Gasteiger partial charge in [0.25, 0.3) is 0 Å². The van der Waals surface area contributed by atoms with E-state index in [2.05, 4.69) is 31.0 Å². The smallest absolute Gasteiger partial charge is 0.141 e. The van der Waals surface area contributed by atoms with Gasteiger partial charge in [-0.1, -0.05) is 0 Å². The molecule has 1 N–H and O–H groups in total. The lowest BCUT2D eigenvalue weighted by atomic mass is 10.1. The van der Waals surface area contributed by atoms with Crippen molar-refractivity contribution in [3.05, 3.63) is 83.7 Å². The number of hydrogen-bond acceptors (Lipinski definition) is 4. The van der Waals surface area contributed by atoms with E-state index in [9.17, 15) is 4.39 Å². The summed E-state index contributed by atoms with van der Waals surface area (Å²) < 4.78 is 13.1. The van der Waals surface area contributed by atoms with Gasteiger partial charge in [0.1, 0.15) is 17.3 Å². The first-order valence-corrected chi connectivity index (χ1v) is 8.08. The van der Waals surface area contributed by atoms with Gasteiger partial charge in [-0.15, -0.1) is 0 Å². The first-order chi connectivity index (χ1) is 12.3. The number of fused-ring (bicyclic) bond motifs is 1. The van der Waals surface area contributed by atoms with Crippen molar-refractivity contribution in [2.45, 2.75) is 19.3 Å². The predicted molar refractivity (Wildman–Crippen MR) is 92.5 cm³/mol. The minimum Gasteiger partial charge on any atom is -0.346 e. The van der Waals surface area contributed by atoms with Crippen molar-refractivity contribution in [2.75, 3.05) is 0 Å². The lowest BCUT2D eigenvalue weighted by Crippen LogP contribution is -2.00. The highest BCUT2D eigenvalue weighted by Gasteiger charge is 2.06. The molecule has 0 atom stereocenters. The van der Waals surface area contributed by atoms with Crippen LogP contribution in [0.1, 0.15) is 22.5 Å². The van der Waals surface area contributed by atoms with Crippen molar-refractivity contribution >= 4 is 11.0 Å². The highest BCUT2D eigenvalue weighted by molar-refractivity contribution is 5.79.